The van der Waals surface area contributed by atoms with Crippen LogP contribution in [-0.4, -0.2) is 24.1 Å². The molecule has 27 heavy (non-hydrogen) atoms. The Bertz CT molecular complexity index is 958. The van der Waals surface area contributed by atoms with E-state index in [-0.39, 0.29) is 5.91 Å². The molecule has 0 spiro atoms. The summed E-state index contributed by atoms with van der Waals surface area (Å²) in [5.74, 6) is 1.00. The molecule has 0 radical (unpaired) electrons. The SMILES string of the molecule is COc1ccc(-c2csc(NC(=O)C(C)Oc3cccc(C)c3)n2)cc1Cl. The Labute approximate surface area is 166 Å². The fraction of sp³-hybridized carbons (Fsp3) is 0.200. The zero-order chi connectivity index (χ0) is 19.4. The van der Waals surface area contributed by atoms with E-state index in [1.54, 1.807) is 26.2 Å². The van der Waals surface area contributed by atoms with Crippen molar-refractivity contribution in [2.24, 2.45) is 0 Å². The lowest BCUT2D eigenvalue weighted by Crippen LogP contribution is -2.30. The van der Waals surface area contributed by atoms with Crippen LogP contribution in [0, 0.1) is 6.92 Å². The molecule has 1 amide bonds. The first-order valence-electron chi connectivity index (χ1n) is 8.30. The third-order valence-corrected chi connectivity index (χ3v) is 4.91. The van der Waals surface area contributed by atoms with Gasteiger partial charge in [-0.1, -0.05) is 23.7 Å². The molecule has 7 heteroatoms. The zero-order valence-electron chi connectivity index (χ0n) is 15.2. The molecule has 0 saturated carbocycles. The number of carbonyl (C=O) groups is 1. The minimum absolute atomic E-state index is 0.259. The first-order valence-corrected chi connectivity index (χ1v) is 9.55. The fourth-order valence-electron chi connectivity index (χ4n) is 2.44. The molecular formula is C20H19ClN2O3S. The number of benzene rings is 2. The van der Waals surface area contributed by atoms with Crippen molar-refractivity contribution >= 4 is 34.0 Å². The van der Waals surface area contributed by atoms with Gasteiger partial charge in [-0.3, -0.25) is 10.1 Å². The van der Waals surface area contributed by atoms with Gasteiger partial charge in [0.2, 0.25) is 0 Å². The first-order chi connectivity index (χ1) is 13.0. The van der Waals surface area contributed by atoms with E-state index >= 15 is 0 Å². The van der Waals surface area contributed by atoms with Crippen LogP contribution >= 0.6 is 22.9 Å². The van der Waals surface area contributed by atoms with Gasteiger partial charge in [0, 0.05) is 10.9 Å². The summed E-state index contributed by atoms with van der Waals surface area (Å²) in [4.78, 5) is 16.8. The van der Waals surface area contributed by atoms with Gasteiger partial charge in [0.25, 0.3) is 5.91 Å². The molecule has 0 aliphatic rings. The number of nitrogens with one attached hydrogen (secondary N) is 1. The number of carbonyl (C=O) groups excluding carboxylic acids is 1. The zero-order valence-corrected chi connectivity index (χ0v) is 16.7. The Hall–Kier alpha value is -2.57. The van der Waals surface area contributed by atoms with Crippen molar-refractivity contribution < 1.29 is 14.3 Å². The molecule has 2 aromatic carbocycles. The molecule has 1 N–H and O–H groups in total. The average Bonchev–Trinajstić information content (AvgIpc) is 3.10. The van der Waals surface area contributed by atoms with Crippen molar-refractivity contribution in [2.45, 2.75) is 20.0 Å². The Kier molecular flexibility index (Phi) is 5.98. The Balaban J connectivity index is 1.66. The molecule has 0 aliphatic carbocycles. The second kappa shape index (κ2) is 8.41. The predicted molar refractivity (Wildman–Crippen MR) is 109 cm³/mol. The molecule has 140 valence electrons. The maximum absolute atomic E-state index is 12.4. The number of methoxy groups -OCH3 is 1. The number of hydrogen-bond donors (Lipinski definition) is 1. The standard InChI is InChI=1S/C20H19ClN2O3S/c1-12-5-4-6-15(9-12)26-13(2)19(24)23-20-22-17(11-27-20)14-7-8-18(25-3)16(21)10-14/h4-11,13H,1-3H3,(H,22,23,24). The van der Waals surface area contributed by atoms with Gasteiger partial charge in [-0.2, -0.15) is 0 Å². The van der Waals surface area contributed by atoms with Crippen LogP contribution < -0.4 is 14.8 Å². The lowest BCUT2D eigenvalue weighted by Gasteiger charge is -2.14. The van der Waals surface area contributed by atoms with Crippen molar-refractivity contribution in [2.75, 3.05) is 12.4 Å². The normalized spacial score (nSPS) is 11.7. The second-order valence-corrected chi connectivity index (χ2v) is 7.22. The highest BCUT2D eigenvalue weighted by molar-refractivity contribution is 7.14. The molecule has 1 atom stereocenters. The van der Waals surface area contributed by atoms with Crippen molar-refractivity contribution in [3.63, 3.8) is 0 Å². The summed E-state index contributed by atoms with van der Waals surface area (Å²) in [6, 6.07) is 13.0. The number of hydrogen-bond acceptors (Lipinski definition) is 5. The number of aromatic nitrogens is 1. The van der Waals surface area contributed by atoms with Crippen LogP contribution in [0.2, 0.25) is 5.02 Å². The monoisotopic (exact) mass is 402 g/mol. The Morgan fingerprint density at radius 3 is 2.78 bits per heavy atom. The molecule has 1 aromatic heterocycles. The van der Waals surface area contributed by atoms with Crippen LogP contribution in [0.3, 0.4) is 0 Å². The molecule has 1 heterocycles. The van der Waals surface area contributed by atoms with Gasteiger partial charge in [-0.05, 0) is 49.7 Å². The van der Waals surface area contributed by atoms with Gasteiger partial charge in [0.05, 0.1) is 17.8 Å². The number of anilines is 1. The van der Waals surface area contributed by atoms with Crippen LogP contribution in [0.5, 0.6) is 11.5 Å². The number of rotatable bonds is 6. The van der Waals surface area contributed by atoms with Gasteiger partial charge in [0.15, 0.2) is 11.2 Å². The molecule has 0 fully saturated rings. The summed E-state index contributed by atoms with van der Waals surface area (Å²) in [6.07, 6.45) is -0.644. The highest BCUT2D eigenvalue weighted by Gasteiger charge is 2.17. The van der Waals surface area contributed by atoms with Crippen LogP contribution in [0.15, 0.2) is 47.8 Å². The van der Waals surface area contributed by atoms with Gasteiger partial charge in [-0.25, -0.2) is 4.98 Å². The Morgan fingerprint density at radius 2 is 2.07 bits per heavy atom. The quantitative estimate of drug-likeness (QED) is 0.616. The first kappa shape index (κ1) is 19.2. The summed E-state index contributed by atoms with van der Waals surface area (Å²) in [7, 11) is 1.57. The van der Waals surface area contributed by atoms with Crippen LogP contribution in [-0.2, 0) is 4.79 Å². The van der Waals surface area contributed by atoms with Crippen molar-refractivity contribution in [3.8, 4) is 22.8 Å². The number of thiazole rings is 1. The molecule has 5 nitrogen and oxygen atoms in total. The number of aryl methyl sites for hydroxylation is 1. The van der Waals surface area contributed by atoms with Gasteiger partial charge < -0.3 is 9.47 Å². The summed E-state index contributed by atoms with van der Waals surface area (Å²) in [6.45, 7) is 3.68. The number of ether oxygens (including phenoxy) is 2. The van der Waals surface area contributed by atoms with Crippen LogP contribution in [0.25, 0.3) is 11.3 Å². The highest BCUT2D eigenvalue weighted by Crippen LogP contribution is 2.31. The van der Waals surface area contributed by atoms with Gasteiger partial charge >= 0.3 is 0 Å². The van der Waals surface area contributed by atoms with E-state index < -0.39 is 6.10 Å². The van der Waals surface area contributed by atoms with E-state index in [0.29, 0.717) is 21.7 Å². The number of halogens is 1. The van der Waals surface area contributed by atoms with Crippen molar-refractivity contribution in [3.05, 3.63) is 58.4 Å². The van der Waals surface area contributed by atoms with Gasteiger partial charge in [0.1, 0.15) is 11.5 Å². The molecule has 0 aliphatic heterocycles. The predicted octanol–water partition coefficient (Wildman–Crippen LogP) is 5.19. The van der Waals surface area contributed by atoms with E-state index in [9.17, 15) is 4.79 Å². The van der Waals surface area contributed by atoms with E-state index in [4.69, 9.17) is 21.1 Å². The fourth-order valence-corrected chi connectivity index (χ4v) is 3.42. The topological polar surface area (TPSA) is 60.5 Å². The minimum atomic E-state index is -0.644. The third-order valence-electron chi connectivity index (χ3n) is 3.85. The van der Waals surface area contributed by atoms with Crippen molar-refractivity contribution in [1.82, 2.24) is 4.98 Å². The van der Waals surface area contributed by atoms with E-state index in [1.165, 1.54) is 11.3 Å². The second-order valence-electron chi connectivity index (χ2n) is 5.95. The number of nitrogens with zero attached hydrogens (tertiary/aromatic N) is 1. The maximum atomic E-state index is 12.4. The third kappa shape index (κ3) is 4.78. The van der Waals surface area contributed by atoms with E-state index in [2.05, 4.69) is 10.3 Å². The summed E-state index contributed by atoms with van der Waals surface area (Å²) >= 11 is 7.51. The summed E-state index contributed by atoms with van der Waals surface area (Å²) in [5, 5.41) is 5.66. The van der Waals surface area contributed by atoms with Crippen LogP contribution in [0.1, 0.15) is 12.5 Å². The van der Waals surface area contributed by atoms with Crippen LogP contribution in [0.4, 0.5) is 5.13 Å². The lowest BCUT2D eigenvalue weighted by molar-refractivity contribution is -0.122. The summed E-state index contributed by atoms with van der Waals surface area (Å²) in [5.41, 5.74) is 2.65. The average molecular weight is 403 g/mol. The number of amides is 1. The molecule has 3 aromatic rings. The van der Waals surface area contributed by atoms with Crippen molar-refractivity contribution in [1.29, 1.82) is 0 Å². The molecule has 0 saturated heterocycles. The van der Waals surface area contributed by atoms with E-state index in [0.717, 1.165) is 16.8 Å². The minimum Gasteiger partial charge on any atom is -0.495 e. The maximum Gasteiger partial charge on any atom is 0.266 e. The van der Waals surface area contributed by atoms with Gasteiger partial charge in [-0.15, -0.1) is 11.3 Å². The molecular weight excluding hydrogens is 384 g/mol. The molecule has 1 unspecified atom stereocenters. The smallest absolute Gasteiger partial charge is 0.266 e. The highest BCUT2D eigenvalue weighted by atomic mass is 35.5. The largest absolute Gasteiger partial charge is 0.495 e. The molecule has 0 bridgehead atoms. The van der Waals surface area contributed by atoms with E-state index in [1.807, 2.05) is 42.6 Å². The summed E-state index contributed by atoms with van der Waals surface area (Å²) < 4.78 is 10.9. The molecule has 3 rings (SSSR count). The lowest BCUT2D eigenvalue weighted by atomic mass is 10.2. The Morgan fingerprint density at radius 1 is 1.26 bits per heavy atom.